The molecule has 5 heteroatoms. The lowest BCUT2D eigenvalue weighted by atomic mass is 10.3. The zero-order valence-electron chi connectivity index (χ0n) is 10.8. The van der Waals surface area contributed by atoms with E-state index in [2.05, 4.69) is 17.9 Å². The maximum Gasteiger partial charge on any atom is 0.266 e. The highest BCUT2D eigenvalue weighted by atomic mass is 32.2. The third-order valence-corrected chi connectivity index (χ3v) is 4.66. The van der Waals surface area contributed by atoms with Crippen LogP contribution >= 0.6 is 24.0 Å². The quantitative estimate of drug-likeness (QED) is 0.586. The molecule has 2 aliphatic heterocycles. The number of amides is 1. The third kappa shape index (κ3) is 2.62. The zero-order chi connectivity index (χ0) is 13.1. The molecule has 0 aromatic heterocycles. The second kappa shape index (κ2) is 5.89. The van der Waals surface area contributed by atoms with Crippen LogP contribution < -0.4 is 0 Å². The van der Waals surface area contributed by atoms with E-state index in [1.807, 2.05) is 13.0 Å². The number of likely N-dealkylation sites (N-methyl/N-ethyl adjacent to an activating group) is 1. The Bertz CT molecular complexity index is 429. The number of likely N-dealkylation sites (tertiary alicyclic amines) is 1. The van der Waals surface area contributed by atoms with E-state index in [1.54, 1.807) is 4.90 Å². The Morgan fingerprint density at radius 1 is 1.33 bits per heavy atom. The maximum atomic E-state index is 12.0. The second-order valence-electron chi connectivity index (χ2n) is 4.29. The monoisotopic (exact) mass is 282 g/mol. The number of carbonyl (C=O) groups is 1. The summed E-state index contributed by atoms with van der Waals surface area (Å²) in [5, 5.41) is 0. The summed E-state index contributed by atoms with van der Waals surface area (Å²) in [6, 6.07) is 0. The van der Waals surface area contributed by atoms with Gasteiger partial charge in [0.25, 0.3) is 5.91 Å². The highest BCUT2D eigenvalue weighted by Crippen LogP contribution is 2.31. The number of thioether (sulfide) groups is 1. The van der Waals surface area contributed by atoms with Crippen molar-refractivity contribution in [1.82, 2.24) is 9.80 Å². The highest BCUT2D eigenvalue weighted by Gasteiger charge is 2.30. The van der Waals surface area contributed by atoms with Gasteiger partial charge in [-0.1, -0.05) is 24.0 Å². The Labute approximate surface area is 118 Å². The van der Waals surface area contributed by atoms with E-state index < -0.39 is 0 Å². The average Bonchev–Trinajstić information content (AvgIpc) is 2.91. The van der Waals surface area contributed by atoms with E-state index in [0.29, 0.717) is 10.9 Å². The van der Waals surface area contributed by atoms with Crippen LogP contribution in [0.3, 0.4) is 0 Å². The topological polar surface area (TPSA) is 23.6 Å². The van der Waals surface area contributed by atoms with E-state index in [4.69, 9.17) is 12.2 Å². The van der Waals surface area contributed by atoms with Gasteiger partial charge in [-0.25, -0.2) is 0 Å². The van der Waals surface area contributed by atoms with Crippen molar-refractivity contribution in [3.63, 3.8) is 0 Å². The van der Waals surface area contributed by atoms with E-state index in [9.17, 15) is 4.79 Å². The fourth-order valence-electron chi connectivity index (χ4n) is 2.26. The van der Waals surface area contributed by atoms with Crippen molar-refractivity contribution in [3.05, 3.63) is 22.8 Å². The van der Waals surface area contributed by atoms with Crippen LogP contribution in [0.4, 0.5) is 0 Å². The predicted octanol–water partition coefficient (Wildman–Crippen LogP) is 2.75. The van der Waals surface area contributed by atoms with Crippen molar-refractivity contribution < 1.29 is 4.79 Å². The SMILES string of the molecule is CCN1CCCC1=C/C=C1/SC(=S)N(CC)C1=O. The van der Waals surface area contributed by atoms with Gasteiger partial charge in [-0.15, -0.1) is 0 Å². The summed E-state index contributed by atoms with van der Waals surface area (Å²) in [5.41, 5.74) is 1.33. The average molecular weight is 282 g/mol. The predicted molar refractivity (Wildman–Crippen MR) is 80.2 cm³/mol. The lowest BCUT2D eigenvalue weighted by molar-refractivity contribution is -0.122. The Morgan fingerprint density at radius 3 is 2.72 bits per heavy atom. The molecule has 1 amide bonds. The molecule has 0 aromatic carbocycles. The first-order chi connectivity index (χ1) is 8.67. The summed E-state index contributed by atoms with van der Waals surface area (Å²) < 4.78 is 0.672. The molecule has 0 N–H and O–H groups in total. The van der Waals surface area contributed by atoms with Gasteiger partial charge in [0.2, 0.25) is 0 Å². The Hall–Kier alpha value is -0.810. The number of hydrogen-bond donors (Lipinski definition) is 0. The van der Waals surface area contributed by atoms with Crippen molar-refractivity contribution in [1.29, 1.82) is 0 Å². The van der Waals surface area contributed by atoms with E-state index in [-0.39, 0.29) is 5.91 Å². The van der Waals surface area contributed by atoms with Gasteiger partial charge in [-0.05, 0) is 38.8 Å². The minimum Gasteiger partial charge on any atom is -0.375 e. The van der Waals surface area contributed by atoms with Gasteiger partial charge < -0.3 is 4.90 Å². The first-order valence-corrected chi connectivity index (χ1v) is 7.59. The van der Waals surface area contributed by atoms with Gasteiger partial charge in [-0.3, -0.25) is 9.69 Å². The molecule has 2 rings (SSSR count). The summed E-state index contributed by atoms with van der Waals surface area (Å²) >= 11 is 6.59. The second-order valence-corrected chi connectivity index (χ2v) is 5.97. The molecular formula is C13H18N2OS2. The molecule has 0 radical (unpaired) electrons. The van der Waals surface area contributed by atoms with E-state index >= 15 is 0 Å². The largest absolute Gasteiger partial charge is 0.375 e. The third-order valence-electron chi connectivity index (χ3n) is 3.27. The molecule has 2 aliphatic rings. The molecule has 0 aliphatic carbocycles. The Balaban J connectivity index is 2.13. The molecule has 18 heavy (non-hydrogen) atoms. The van der Waals surface area contributed by atoms with Crippen LogP contribution in [-0.2, 0) is 4.79 Å². The fraction of sp³-hybridized carbons (Fsp3) is 0.538. The first kappa shape index (κ1) is 13.6. The maximum absolute atomic E-state index is 12.0. The summed E-state index contributed by atoms with van der Waals surface area (Å²) in [5.74, 6) is 0.0467. The Kier molecular flexibility index (Phi) is 4.45. The molecule has 0 spiro atoms. The van der Waals surface area contributed by atoms with E-state index in [1.165, 1.54) is 23.9 Å². The van der Waals surface area contributed by atoms with Crippen LogP contribution in [0.15, 0.2) is 22.8 Å². The molecular weight excluding hydrogens is 264 g/mol. The van der Waals surface area contributed by atoms with Gasteiger partial charge >= 0.3 is 0 Å². The van der Waals surface area contributed by atoms with Crippen molar-refractivity contribution in [2.24, 2.45) is 0 Å². The number of rotatable bonds is 3. The van der Waals surface area contributed by atoms with Crippen molar-refractivity contribution >= 4 is 34.2 Å². The first-order valence-electron chi connectivity index (χ1n) is 6.36. The minimum atomic E-state index is 0.0467. The van der Waals surface area contributed by atoms with Crippen molar-refractivity contribution in [3.8, 4) is 0 Å². The number of allylic oxidation sites excluding steroid dienone is 3. The van der Waals surface area contributed by atoms with Gasteiger partial charge in [-0.2, -0.15) is 0 Å². The lowest BCUT2D eigenvalue weighted by Gasteiger charge is -2.16. The van der Waals surface area contributed by atoms with Gasteiger partial charge in [0.15, 0.2) is 0 Å². The molecule has 3 nitrogen and oxygen atoms in total. The summed E-state index contributed by atoms with van der Waals surface area (Å²) in [6.07, 6.45) is 6.33. The van der Waals surface area contributed by atoms with Crippen LogP contribution in [0.25, 0.3) is 0 Å². The molecule has 0 unspecified atom stereocenters. The normalized spacial score (nSPS) is 25.0. The van der Waals surface area contributed by atoms with Gasteiger partial charge in [0.1, 0.15) is 4.32 Å². The lowest BCUT2D eigenvalue weighted by Crippen LogP contribution is -2.27. The van der Waals surface area contributed by atoms with E-state index in [0.717, 1.165) is 24.4 Å². The number of hydrogen-bond acceptors (Lipinski definition) is 4. The summed E-state index contributed by atoms with van der Waals surface area (Å²) in [6.45, 7) is 6.93. The number of carbonyl (C=O) groups excluding carboxylic acids is 1. The molecule has 2 saturated heterocycles. The summed E-state index contributed by atoms with van der Waals surface area (Å²) in [4.78, 5) is 16.8. The molecule has 0 aromatic rings. The molecule has 2 fully saturated rings. The van der Waals surface area contributed by atoms with Crippen LogP contribution in [0.1, 0.15) is 26.7 Å². The molecule has 0 atom stereocenters. The zero-order valence-corrected chi connectivity index (χ0v) is 12.4. The van der Waals surface area contributed by atoms with Crippen LogP contribution in [0, 0.1) is 0 Å². The van der Waals surface area contributed by atoms with Crippen molar-refractivity contribution in [2.45, 2.75) is 26.7 Å². The van der Waals surface area contributed by atoms with Crippen LogP contribution in [0.2, 0.25) is 0 Å². The molecule has 2 heterocycles. The number of thiocarbonyl (C=S) groups is 1. The Morgan fingerprint density at radius 2 is 2.11 bits per heavy atom. The molecule has 0 bridgehead atoms. The van der Waals surface area contributed by atoms with Gasteiger partial charge in [0.05, 0.1) is 4.91 Å². The van der Waals surface area contributed by atoms with Crippen LogP contribution in [0.5, 0.6) is 0 Å². The minimum absolute atomic E-state index is 0.0467. The fourth-order valence-corrected chi connectivity index (χ4v) is 3.59. The highest BCUT2D eigenvalue weighted by molar-refractivity contribution is 8.26. The summed E-state index contributed by atoms with van der Waals surface area (Å²) in [7, 11) is 0. The molecule has 0 saturated carbocycles. The standard InChI is InChI=1S/C13H18N2OS2/c1-3-14-9-5-6-10(14)7-8-11-12(16)15(4-2)13(17)18-11/h7-8H,3-6,9H2,1-2H3/b10-7?,11-8+. The smallest absolute Gasteiger partial charge is 0.266 e. The van der Waals surface area contributed by atoms with Gasteiger partial charge in [0, 0.05) is 25.3 Å². The van der Waals surface area contributed by atoms with Crippen molar-refractivity contribution in [2.75, 3.05) is 19.6 Å². The number of nitrogens with zero attached hydrogens (tertiary/aromatic N) is 2. The van der Waals surface area contributed by atoms with Crippen LogP contribution in [-0.4, -0.2) is 39.7 Å². The molecule has 98 valence electrons.